The molecule has 2 aliphatic rings. The number of sulfonamides is 1. The number of benzene rings is 1. The summed E-state index contributed by atoms with van der Waals surface area (Å²) >= 11 is 0. The molecule has 0 bridgehead atoms. The molecule has 1 aliphatic carbocycles. The van der Waals surface area contributed by atoms with Crippen LogP contribution in [0.3, 0.4) is 0 Å². The van der Waals surface area contributed by atoms with Crippen LogP contribution in [-0.2, 0) is 26.0 Å². The molecule has 1 aromatic heterocycles. The first-order chi connectivity index (χ1) is 15.5. The van der Waals surface area contributed by atoms with Crippen LogP contribution in [0.15, 0.2) is 33.7 Å². The molecule has 9 nitrogen and oxygen atoms in total. The fourth-order valence-corrected chi connectivity index (χ4v) is 5.54. The molecule has 10 heteroatoms. The van der Waals surface area contributed by atoms with Gasteiger partial charge >= 0.3 is 0 Å². The predicted molar refractivity (Wildman–Crippen MR) is 117 cm³/mol. The van der Waals surface area contributed by atoms with Gasteiger partial charge in [0.2, 0.25) is 27.6 Å². The van der Waals surface area contributed by atoms with Gasteiger partial charge in [-0.05, 0) is 37.1 Å². The van der Waals surface area contributed by atoms with E-state index in [1.54, 1.807) is 24.3 Å². The summed E-state index contributed by atoms with van der Waals surface area (Å²) in [4.78, 5) is 16.9. The number of amides is 1. The molecule has 0 unspecified atom stereocenters. The van der Waals surface area contributed by atoms with Crippen LogP contribution in [0.4, 0.5) is 0 Å². The van der Waals surface area contributed by atoms with Crippen LogP contribution in [0.25, 0.3) is 11.4 Å². The van der Waals surface area contributed by atoms with E-state index < -0.39 is 10.0 Å². The van der Waals surface area contributed by atoms with Crippen molar-refractivity contribution in [2.75, 3.05) is 26.3 Å². The second kappa shape index (κ2) is 10.5. The number of rotatable bonds is 7. The lowest BCUT2D eigenvalue weighted by atomic mass is 10.1. The minimum Gasteiger partial charge on any atom is -0.379 e. The van der Waals surface area contributed by atoms with Crippen LogP contribution in [0.1, 0.15) is 50.8 Å². The van der Waals surface area contributed by atoms with Gasteiger partial charge in [0.05, 0.1) is 18.1 Å². The quantitative estimate of drug-likeness (QED) is 0.629. The number of hydrogen-bond acceptors (Lipinski definition) is 7. The van der Waals surface area contributed by atoms with E-state index in [0.29, 0.717) is 56.4 Å². The zero-order chi connectivity index (χ0) is 22.4. The molecule has 0 spiro atoms. The third-order valence-electron chi connectivity index (χ3n) is 5.97. The number of aryl methyl sites for hydroxylation is 1. The van der Waals surface area contributed by atoms with Crippen LogP contribution in [0, 0.1) is 0 Å². The maximum Gasteiger partial charge on any atom is 0.243 e. The first kappa shape index (κ1) is 22.9. The highest BCUT2D eigenvalue weighted by Gasteiger charge is 2.26. The van der Waals surface area contributed by atoms with E-state index in [9.17, 15) is 13.2 Å². The normalized spacial score (nSPS) is 18.9. The highest BCUT2D eigenvalue weighted by molar-refractivity contribution is 7.89. The zero-order valence-corrected chi connectivity index (χ0v) is 19.0. The molecule has 1 N–H and O–H groups in total. The van der Waals surface area contributed by atoms with Gasteiger partial charge in [-0.1, -0.05) is 30.8 Å². The first-order valence-electron chi connectivity index (χ1n) is 11.3. The number of nitrogens with one attached hydrogen (secondary N) is 1. The monoisotopic (exact) mass is 462 g/mol. The summed E-state index contributed by atoms with van der Waals surface area (Å²) in [6.45, 7) is 1.52. The third kappa shape index (κ3) is 5.73. The van der Waals surface area contributed by atoms with E-state index in [4.69, 9.17) is 9.26 Å². The highest BCUT2D eigenvalue weighted by Crippen LogP contribution is 2.22. The largest absolute Gasteiger partial charge is 0.379 e. The Balaban J connectivity index is 1.32. The number of nitrogens with zero attached hydrogens (tertiary/aromatic N) is 3. The van der Waals surface area contributed by atoms with Gasteiger partial charge < -0.3 is 14.6 Å². The number of hydrogen-bond donors (Lipinski definition) is 1. The van der Waals surface area contributed by atoms with Crippen molar-refractivity contribution in [3.05, 3.63) is 30.2 Å². The molecule has 174 valence electrons. The lowest BCUT2D eigenvalue weighted by Crippen LogP contribution is -2.40. The molecule has 1 aromatic carbocycles. The predicted octanol–water partition coefficient (Wildman–Crippen LogP) is 2.53. The Kier molecular flexibility index (Phi) is 7.54. The average Bonchev–Trinajstić information content (AvgIpc) is 3.15. The first-order valence-corrected chi connectivity index (χ1v) is 12.8. The molecular formula is C22H30N4O5S. The maximum atomic E-state index is 12.7. The fourth-order valence-electron chi connectivity index (χ4n) is 4.13. The van der Waals surface area contributed by atoms with Crippen LogP contribution >= 0.6 is 0 Å². The van der Waals surface area contributed by atoms with Crippen LogP contribution in [-0.4, -0.2) is 61.1 Å². The van der Waals surface area contributed by atoms with Gasteiger partial charge in [0, 0.05) is 37.5 Å². The highest BCUT2D eigenvalue weighted by atomic mass is 32.2. The van der Waals surface area contributed by atoms with E-state index in [2.05, 4.69) is 15.5 Å². The lowest BCUT2D eigenvalue weighted by molar-refractivity contribution is -0.121. The van der Waals surface area contributed by atoms with Crippen molar-refractivity contribution in [3.8, 4) is 11.4 Å². The van der Waals surface area contributed by atoms with E-state index in [0.717, 1.165) is 12.8 Å². The molecule has 4 rings (SSSR count). The number of carbonyl (C=O) groups is 1. The van der Waals surface area contributed by atoms with Crippen molar-refractivity contribution in [2.24, 2.45) is 0 Å². The molecule has 2 heterocycles. The summed E-state index contributed by atoms with van der Waals surface area (Å²) in [6.07, 6.45) is 7.61. The molecule has 1 amide bonds. The van der Waals surface area contributed by atoms with Crippen molar-refractivity contribution < 1.29 is 22.5 Å². The van der Waals surface area contributed by atoms with Crippen LogP contribution in [0.2, 0.25) is 0 Å². The van der Waals surface area contributed by atoms with E-state index in [1.165, 1.54) is 30.0 Å². The van der Waals surface area contributed by atoms with Crippen LogP contribution < -0.4 is 5.32 Å². The molecule has 0 radical (unpaired) electrons. The van der Waals surface area contributed by atoms with E-state index in [-0.39, 0.29) is 16.8 Å². The van der Waals surface area contributed by atoms with Gasteiger partial charge in [-0.25, -0.2) is 8.42 Å². The van der Waals surface area contributed by atoms with Gasteiger partial charge in [0.1, 0.15) is 0 Å². The summed E-state index contributed by atoms with van der Waals surface area (Å²) in [6, 6.07) is 6.71. The third-order valence-corrected chi connectivity index (χ3v) is 7.89. The molecule has 1 aliphatic heterocycles. The van der Waals surface area contributed by atoms with Crippen molar-refractivity contribution in [2.45, 2.75) is 62.3 Å². The Morgan fingerprint density at radius 2 is 1.75 bits per heavy atom. The Labute approximate surface area is 188 Å². The van der Waals surface area contributed by atoms with E-state index in [1.807, 2.05) is 0 Å². The zero-order valence-electron chi connectivity index (χ0n) is 18.2. The SMILES string of the molecule is O=C(CCc1nc(-c2ccc(S(=O)(=O)N3CCOCC3)cc2)no1)NC1CCCCCC1. The summed E-state index contributed by atoms with van der Waals surface area (Å²) in [5, 5.41) is 7.10. The summed E-state index contributed by atoms with van der Waals surface area (Å²) in [5.41, 5.74) is 0.656. The Hall–Kier alpha value is -2.30. The number of carbonyl (C=O) groups excluding carboxylic acids is 1. The standard InChI is InChI=1S/C22H30N4O5S/c27-20(23-18-5-3-1-2-4-6-18)11-12-21-24-22(25-31-21)17-7-9-19(10-8-17)32(28,29)26-13-15-30-16-14-26/h7-10,18H,1-6,11-16H2,(H,23,27). The van der Waals surface area contributed by atoms with Gasteiger partial charge in [-0.15, -0.1) is 0 Å². The van der Waals surface area contributed by atoms with Gasteiger partial charge in [0.25, 0.3) is 0 Å². The smallest absolute Gasteiger partial charge is 0.243 e. The van der Waals surface area contributed by atoms with Crippen molar-refractivity contribution in [3.63, 3.8) is 0 Å². The number of ether oxygens (including phenoxy) is 1. The summed E-state index contributed by atoms with van der Waals surface area (Å²) in [7, 11) is -3.54. The van der Waals surface area contributed by atoms with Crippen molar-refractivity contribution in [1.29, 1.82) is 0 Å². The molecular weight excluding hydrogens is 432 g/mol. The number of morpholine rings is 1. The van der Waals surface area contributed by atoms with Crippen molar-refractivity contribution >= 4 is 15.9 Å². The Bertz CT molecular complexity index is 992. The molecule has 2 aromatic rings. The van der Waals surface area contributed by atoms with Gasteiger partial charge in [0.15, 0.2) is 0 Å². The second-order valence-electron chi connectivity index (χ2n) is 8.31. The number of aromatic nitrogens is 2. The van der Waals surface area contributed by atoms with Crippen molar-refractivity contribution in [1.82, 2.24) is 19.8 Å². The molecule has 2 fully saturated rings. The topological polar surface area (TPSA) is 115 Å². The second-order valence-corrected chi connectivity index (χ2v) is 10.2. The summed E-state index contributed by atoms with van der Waals surface area (Å²) in [5.74, 6) is 0.773. The van der Waals surface area contributed by atoms with E-state index >= 15 is 0 Å². The fraction of sp³-hybridized carbons (Fsp3) is 0.591. The van der Waals surface area contributed by atoms with Gasteiger partial charge in [-0.2, -0.15) is 9.29 Å². The molecule has 0 atom stereocenters. The van der Waals surface area contributed by atoms with Gasteiger partial charge in [-0.3, -0.25) is 4.79 Å². The maximum absolute atomic E-state index is 12.7. The lowest BCUT2D eigenvalue weighted by Gasteiger charge is -2.26. The minimum absolute atomic E-state index is 0.00863. The molecule has 1 saturated heterocycles. The Morgan fingerprint density at radius 1 is 1.06 bits per heavy atom. The average molecular weight is 463 g/mol. The molecule has 1 saturated carbocycles. The molecule has 32 heavy (non-hydrogen) atoms. The summed E-state index contributed by atoms with van der Waals surface area (Å²) < 4.78 is 37.4. The Morgan fingerprint density at radius 3 is 2.44 bits per heavy atom. The van der Waals surface area contributed by atoms with Crippen LogP contribution in [0.5, 0.6) is 0 Å². The minimum atomic E-state index is -3.54.